The monoisotopic (exact) mass is 346 g/mol. The van der Waals surface area contributed by atoms with Gasteiger partial charge in [-0.15, -0.1) is 0 Å². The molecule has 1 atom stereocenters. The summed E-state index contributed by atoms with van der Waals surface area (Å²) in [6, 6.07) is 7.83. The van der Waals surface area contributed by atoms with E-state index >= 15 is 0 Å². The lowest BCUT2D eigenvalue weighted by Crippen LogP contribution is -2.41. The third kappa shape index (κ3) is 7.13. The highest BCUT2D eigenvalue weighted by atomic mass is 16.5. The van der Waals surface area contributed by atoms with Crippen molar-refractivity contribution in [3.05, 3.63) is 29.8 Å². The Hall–Kier alpha value is -2.08. The number of aliphatic imine (C=N–C) groups is 1. The number of carbonyl (C=O) groups excluding carboxylic acids is 1. The Kier molecular flexibility index (Phi) is 8.25. The average Bonchev–Trinajstić information content (AvgIpc) is 3.12. The summed E-state index contributed by atoms with van der Waals surface area (Å²) in [4.78, 5) is 16.2. The molecule has 0 aromatic heterocycles. The lowest BCUT2D eigenvalue weighted by Gasteiger charge is -2.14. The molecule has 2 rings (SSSR count). The van der Waals surface area contributed by atoms with Gasteiger partial charge in [-0.3, -0.25) is 4.79 Å². The van der Waals surface area contributed by atoms with Crippen molar-refractivity contribution in [2.45, 2.75) is 52.2 Å². The molecule has 6 nitrogen and oxygen atoms in total. The highest BCUT2D eigenvalue weighted by Gasteiger charge is 2.15. The van der Waals surface area contributed by atoms with Crippen LogP contribution in [0.25, 0.3) is 0 Å². The smallest absolute Gasteiger partial charge is 0.224 e. The summed E-state index contributed by atoms with van der Waals surface area (Å²) in [5, 5.41) is 9.49. The van der Waals surface area contributed by atoms with Gasteiger partial charge < -0.3 is 20.7 Å². The van der Waals surface area contributed by atoms with E-state index in [0.717, 1.165) is 56.2 Å². The second kappa shape index (κ2) is 10.7. The Morgan fingerprint density at radius 3 is 2.68 bits per heavy atom. The fraction of sp³-hybridized carbons (Fsp3) is 0.579. The van der Waals surface area contributed by atoms with Crippen LogP contribution in [0.3, 0.4) is 0 Å². The molecule has 1 heterocycles. The summed E-state index contributed by atoms with van der Waals surface area (Å²) in [7, 11) is 0. The topological polar surface area (TPSA) is 74.8 Å². The van der Waals surface area contributed by atoms with Crippen LogP contribution in [-0.2, 0) is 16.1 Å². The largest absolute Gasteiger partial charge is 0.376 e. The van der Waals surface area contributed by atoms with Crippen molar-refractivity contribution in [2.75, 3.05) is 25.0 Å². The van der Waals surface area contributed by atoms with E-state index in [1.54, 1.807) is 0 Å². The maximum Gasteiger partial charge on any atom is 0.224 e. The zero-order valence-electron chi connectivity index (χ0n) is 15.3. The molecule has 25 heavy (non-hydrogen) atoms. The number of nitrogens with one attached hydrogen (secondary N) is 3. The first-order valence-electron chi connectivity index (χ1n) is 9.23. The number of guanidine groups is 1. The summed E-state index contributed by atoms with van der Waals surface area (Å²) in [6.07, 6.45) is 3.94. The van der Waals surface area contributed by atoms with Gasteiger partial charge in [0.2, 0.25) is 5.91 Å². The Morgan fingerprint density at radius 1 is 1.24 bits per heavy atom. The fourth-order valence-electron chi connectivity index (χ4n) is 2.67. The minimum Gasteiger partial charge on any atom is -0.376 e. The van der Waals surface area contributed by atoms with Gasteiger partial charge in [-0.1, -0.05) is 19.1 Å². The van der Waals surface area contributed by atoms with Crippen LogP contribution in [0.5, 0.6) is 0 Å². The molecular formula is C19H30N4O2. The minimum atomic E-state index is 0.0565. The molecule has 3 N–H and O–H groups in total. The van der Waals surface area contributed by atoms with Crippen LogP contribution in [0.2, 0.25) is 0 Å². The van der Waals surface area contributed by atoms with Gasteiger partial charge in [0.15, 0.2) is 5.96 Å². The van der Waals surface area contributed by atoms with E-state index in [9.17, 15) is 4.79 Å². The Bertz CT molecular complexity index is 551. The quantitative estimate of drug-likeness (QED) is 0.500. The van der Waals surface area contributed by atoms with Crippen LogP contribution in [0, 0.1) is 0 Å². The number of rotatable bonds is 8. The number of anilines is 1. The van der Waals surface area contributed by atoms with Gasteiger partial charge in [-0.2, -0.15) is 0 Å². The lowest BCUT2D eigenvalue weighted by atomic mass is 10.2. The van der Waals surface area contributed by atoms with Gasteiger partial charge in [0.1, 0.15) is 0 Å². The summed E-state index contributed by atoms with van der Waals surface area (Å²) >= 11 is 0. The van der Waals surface area contributed by atoms with E-state index < -0.39 is 0 Å². The highest BCUT2D eigenvalue weighted by Crippen LogP contribution is 2.12. The Balaban J connectivity index is 1.84. The van der Waals surface area contributed by atoms with Crippen LogP contribution in [-0.4, -0.2) is 37.7 Å². The molecule has 1 amide bonds. The molecule has 0 spiro atoms. The first-order chi connectivity index (χ1) is 12.2. The number of hydrogen-bond donors (Lipinski definition) is 3. The van der Waals surface area contributed by atoms with Gasteiger partial charge in [0.05, 0.1) is 12.6 Å². The second-order valence-electron chi connectivity index (χ2n) is 6.21. The van der Waals surface area contributed by atoms with E-state index in [4.69, 9.17) is 4.74 Å². The maximum atomic E-state index is 11.6. The summed E-state index contributed by atoms with van der Waals surface area (Å²) in [5.74, 6) is 0.861. The molecular weight excluding hydrogens is 316 g/mol. The number of amides is 1. The molecule has 1 aliphatic rings. The number of nitrogens with zero attached hydrogens (tertiary/aromatic N) is 1. The van der Waals surface area contributed by atoms with Crippen molar-refractivity contribution in [1.82, 2.24) is 10.6 Å². The van der Waals surface area contributed by atoms with Crippen molar-refractivity contribution in [2.24, 2.45) is 4.99 Å². The maximum absolute atomic E-state index is 11.6. The third-order valence-corrected chi connectivity index (χ3v) is 4.00. The zero-order chi connectivity index (χ0) is 17.9. The molecule has 0 radical (unpaired) electrons. The van der Waals surface area contributed by atoms with Crippen molar-refractivity contribution in [3.63, 3.8) is 0 Å². The summed E-state index contributed by atoms with van der Waals surface area (Å²) in [5.41, 5.74) is 1.93. The van der Waals surface area contributed by atoms with Crippen LogP contribution in [0.15, 0.2) is 29.3 Å². The van der Waals surface area contributed by atoms with Crippen LogP contribution >= 0.6 is 0 Å². The molecule has 0 saturated carbocycles. The number of ether oxygens (including phenoxy) is 1. The molecule has 0 aliphatic carbocycles. The molecule has 6 heteroatoms. The SMILES string of the molecule is CCCC(=O)Nc1ccc(CN=C(NCC)NCC2CCCO2)cc1. The summed E-state index contributed by atoms with van der Waals surface area (Å²) in [6.45, 7) is 7.10. The van der Waals surface area contributed by atoms with E-state index in [1.807, 2.05) is 31.2 Å². The van der Waals surface area contributed by atoms with Crippen LogP contribution in [0.4, 0.5) is 5.69 Å². The van der Waals surface area contributed by atoms with Crippen molar-refractivity contribution >= 4 is 17.6 Å². The number of benzene rings is 1. The van der Waals surface area contributed by atoms with Crippen molar-refractivity contribution < 1.29 is 9.53 Å². The predicted molar refractivity (Wildman–Crippen MR) is 102 cm³/mol. The van der Waals surface area contributed by atoms with E-state index in [-0.39, 0.29) is 12.0 Å². The molecule has 1 aromatic carbocycles. The number of hydrogen-bond acceptors (Lipinski definition) is 3. The van der Waals surface area contributed by atoms with E-state index in [1.165, 1.54) is 0 Å². The van der Waals surface area contributed by atoms with Crippen molar-refractivity contribution in [3.8, 4) is 0 Å². The van der Waals surface area contributed by atoms with Crippen LogP contribution < -0.4 is 16.0 Å². The Morgan fingerprint density at radius 2 is 2.04 bits per heavy atom. The van der Waals surface area contributed by atoms with Gasteiger partial charge >= 0.3 is 0 Å². The van der Waals surface area contributed by atoms with Crippen molar-refractivity contribution in [1.29, 1.82) is 0 Å². The first kappa shape index (κ1) is 19.2. The summed E-state index contributed by atoms with van der Waals surface area (Å²) < 4.78 is 5.63. The zero-order valence-corrected chi connectivity index (χ0v) is 15.3. The Labute approximate surface area is 150 Å². The number of carbonyl (C=O) groups is 1. The van der Waals surface area contributed by atoms with E-state index in [0.29, 0.717) is 13.0 Å². The average molecular weight is 346 g/mol. The highest BCUT2D eigenvalue weighted by molar-refractivity contribution is 5.90. The first-order valence-corrected chi connectivity index (χ1v) is 9.23. The fourth-order valence-corrected chi connectivity index (χ4v) is 2.67. The molecule has 138 valence electrons. The molecule has 0 bridgehead atoms. The van der Waals surface area contributed by atoms with Gasteiger partial charge in [0, 0.05) is 31.8 Å². The standard InChI is InChI=1S/C19H30N4O2/c1-3-6-18(24)23-16-10-8-15(9-11-16)13-21-19(20-4-2)22-14-17-7-5-12-25-17/h8-11,17H,3-7,12-14H2,1-2H3,(H,23,24)(H2,20,21,22). The molecule has 1 aromatic rings. The third-order valence-electron chi connectivity index (χ3n) is 4.00. The molecule has 1 unspecified atom stereocenters. The van der Waals surface area contributed by atoms with Crippen LogP contribution in [0.1, 0.15) is 45.1 Å². The molecule has 1 saturated heterocycles. The van der Waals surface area contributed by atoms with Gasteiger partial charge in [-0.05, 0) is 43.9 Å². The molecule has 1 fully saturated rings. The normalized spacial score (nSPS) is 17.4. The second-order valence-corrected chi connectivity index (χ2v) is 6.21. The minimum absolute atomic E-state index is 0.0565. The lowest BCUT2D eigenvalue weighted by molar-refractivity contribution is -0.116. The van der Waals surface area contributed by atoms with Gasteiger partial charge in [-0.25, -0.2) is 4.99 Å². The van der Waals surface area contributed by atoms with Gasteiger partial charge in [0.25, 0.3) is 0 Å². The molecule has 1 aliphatic heterocycles. The predicted octanol–water partition coefficient (Wildman–Crippen LogP) is 2.66. The van der Waals surface area contributed by atoms with E-state index in [2.05, 4.69) is 27.9 Å².